The molecule has 1 radical (unpaired) electrons. The number of hydrogen-bond acceptors (Lipinski definition) is 3. The molecule has 62 heavy (non-hydrogen) atoms. The zero-order valence-corrected chi connectivity index (χ0v) is 36.0. The third-order valence-electron chi connectivity index (χ3n) is 9.55. The van der Waals surface area contributed by atoms with Gasteiger partial charge in [0.05, 0.1) is 42.6 Å². The van der Waals surface area contributed by atoms with Crippen LogP contribution in [-0.4, -0.2) is 24.4 Å². The third-order valence-corrected chi connectivity index (χ3v) is 9.55. The van der Waals surface area contributed by atoms with Crippen molar-refractivity contribution in [2.24, 2.45) is 14.1 Å². The van der Waals surface area contributed by atoms with E-state index >= 15 is 0 Å². The standard InChI is InChI=1S/2C22H16FN2.C7H5N4.Ir/c2*1-24-16-25(20-14-8-13-19(23)15-20)22(18-11-6-3-7-12-18)21(24)17-9-4-2-5-10-17;1-2-4-8-6(3-1)7-5-9-11-10-7;/h2*2-13,15H,1H3;1-5H;/q3*-1;. The van der Waals surface area contributed by atoms with E-state index in [9.17, 15) is 8.78 Å². The van der Waals surface area contributed by atoms with Crippen LogP contribution in [0.4, 0.5) is 8.78 Å². The number of rotatable bonds is 7. The fraction of sp³-hybridized carbons (Fsp3) is 0.0392. The second kappa shape index (κ2) is 20.2. The van der Waals surface area contributed by atoms with E-state index in [2.05, 4.69) is 69.4 Å². The predicted octanol–water partition coefficient (Wildman–Crippen LogP) is 9.24. The molecule has 11 heteroatoms. The van der Waals surface area contributed by atoms with Gasteiger partial charge in [0.2, 0.25) is 12.7 Å². The van der Waals surface area contributed by atoms with E-state index in [1.165, 1.54) is 24.3 Å². The summed E-state index contributed by atoms with van der Waals surface area (Å²) in [6.45, 7) is 0. The van der Waals surface area contributed by atoms with Crippen LogP contribution >= 0.6 is 0 Å². The number of pyridine rings is 1. The maximum Gasteiger partial charge on any atom is 0.242 e. The van der Waals surface area contributed by atoms with Gasteiger partial charge in [-0.25, -0.2) is 8.78 Å². The first-order valence-corrected chi connectivity index (χ1v) is 19.3. The van der Waals surface area contributed by atoms with E-state index in [4.69, 9.17) is 0 Å². The van der Waals surface area contributed by atoms with Gasteiger partial charge in [-0.2, -0.15) is 24.3 Å². The minimum atomic E-state index is -0.293. The zero-order valence-electron chi connectivity index (χ0n) is 33.6. The molecule has 0 unspecified atom stereocenters. The average Bonchev–Trinajstić information content (AvgIpc) is 4.07. The van der Waals surface area contributed by atoms with E-state index in [-0.39, 0.29) is 31.7 Å². The Hall–Kier alpha value is -7.46. The molecule has 10 rings (SSSR count). The van der Waals surface area contributed by atoms with Crippen LogP contribution in [0.15, 0.2) is 188 Å². The van der Waals surface area contributed by atoms with Crippen LogP contribution in [0.3, 0.4) is 0 Å². The largest absolute Gasteiger partial charge is 0.358 e. The fourth-order valence-corrected chi connectivity index (χ4v) is 6.88. The molecule has 0 amide bonds. The minimum Gasteiger partial charge on any atom is -0.358 e. The molecule has 0 N–H and O–H groups in total. The maximum absolute atomic E-state index is 13.8. The number of hydrogen-bond donors (Lipinski definition) is 0. The SMILES string of the molecule is C[n+]1[c-]n(-c2[c-]ccc(F)c2)c(-c2ccccc2)c1-c1ccccc1.C[n+]1[c-]n(-c2[c-]ccc(F)c2)c(-c2ccccc2)c1-c1ccccc1.[Ir].c1ccc(-c2cnn[n-]2)nc1. The summed E-state index contributed by atoms with van der Waals surface area (Å²) in [5.74, 6) is -0.586. The first kappa shape index (κ1) is 42.7. The van der Waals surface area contributed by atoms with Gasteiger partial charge in [-0.1, -0.05) is 145 Å². The quantitative estimate of drug-likeness (QED) is 0.118. The smallest absolute Gasteiger partial charge is 0.242 e. The Morgan fingerprint density at radius 3 is 1.32 bits per heavy atom. The van der Waals surface area contributed by atoms with Crippen molar-refractivity contribution in [3.63, 3.8) is 0 Å². The minimum absolute atomic E-state index is 0. The van der Waals surface area contributed by atoms with E-state index in [0.29, 0.717) is 17.1 Å². The van der Waals surface area contributed by atoms with Crippen LogP contribution in [0.1, 0.15) is 0 Å². The Labute approximate surface area is 372 Å². The fourth-order valence-electron chi connectivity index (χ4n) is 6.88. The summed E-state index contributed by atoms with van der Waals surface area (Å²) in [7, 11) is 3.90. The monoisotopic (exact) mass is 992 g/mol. The van der Waals surface area contributed by atoms with Gasteiger partial charge >= 0.3 is 0 Å². The average molecular weight is 992 g/mol. The number of nitrogens with zero attached hydrogens (tertiary/aromatic N) is 8. The number of aryl methyl sites for hydroxylation is 2. The van der Waals surface area contributed by atoms with E-state index in [1.54, 1.807) is 24.5 Å². The van der Waals surface area contributed by atoms with Crippen LogP contribution < -0.4 is 14.2 Å². The Balaban J connectivity index is 0.000000149. The zero-order chi connectivity index (χ0) is 42.0. The number of halogens is 2. The van der Waals surface area contributed by atoms with Gasteiger partial charge in [0.15, 0.2) is 0 Å². The second-order valence-corrected chi connectivity index (χ2v) is 13.7. The molecular weight excluding hydrogens is 955 g/mol. The van der Waals surface area contributed by atoms with Crippen molar-refractivity contribution in [3.8, 4) is 67.8 Å². The second-order valence-electron chi connectivity index (χ2n) is 13.7. The van der Waals surface area contributed by atoms with Crippen molar-refractivity contribution in [2.75, 3.05) is 0 Å². The van der Waals surface area contributed by atoms with Crippen LogP contribution in [-0.2, 0) is 34.2 Å². The Bertz CT molecular complexity index is 2770. The molecule has 10 aromatic rings. The summed E-state index contributed by atoms with van der Waals surface area (Å²) in [5.41, 5.74) is 10.9. The van der Waals surface area contributed by atoms with Crippen LogP contribution in [0.2, 0.25) is 0 Å². The van der Waals surface area contributed by atoms with Crippen LogP contribution in [0.25, 0.3) is 67.8 Å². The van der Waals surface area contributed by atoms with Gasteiger partial charge in [0, 0.05) is 37.9 Å². The summed E-state index contributed by atoms with van der Waals surface area (Å²) in [6, 6.07) is 61.2. The third kappa shape index (κ3) is 9.77. The normalized spacial score (nSPS) is 10.5. The molecule has 4 heterocycles. The molecule has 0 aliphatic heterocycles. The first-order valence-electron chi connectivity index (χ1n) is 19.3. The molecule has 8 nitrogen and oxygen atoms in total. The molecule has 307 valence electrons. The van der Waals surface area contributed by atoms with E-state index in [0.717, 1.165) is 50.7 Å². The van der Waals surface area contributed by atoms with Gasteiger partial charge in [-0.15, -0.1) is 24.3 Å². The van der Waals surface area contributed by atoms with Gasteiger partial charge in [-0.3, -0.25) is 10.2 Å². The molecule has 0 spiro atoms. The van der Waals surface area contributed by atoms with Crippen molar-refractivity contribution >= 4 is 0 Å². The molecule has 0 fully saturated rings. The molecule has 0 bridgehead atoms. The van der Waals surface area contributed by atoms with Gasteiger partial charge in [0.1, 0.15) is 0 Å². The van der Waals surface area contributed by atoms with Gasteiger partial charge in [-0.05, 0) is 40.1 Å². The molecule has 0 atom stereocenters. The molecule has 4 aromatic heterocycles. The number of imidazole rings is 2. The van der Waals surface area contributed by atoms with Gasteiger partial charge in [0.25, 0.3) is 0 Å². The molecule has 0 aliphatic carbocycles. The number of benzene rings is 6. The summed E-state index contributed by atoms with van der Waals surface area (Å²) in [6.07, 6.45) is 9.88. The maximum atomic E-state index is 13.8. The van der Waals surface area contributed by atoms with Crippen molar-refractivity contribution in [3.05, 3.63) is 225 Å². The topological polar surface area (TPSA) is 70.4 Å². The Kier molecular flexibility index (Phi) is 13.9. The Morgan fingerprint density at radius 1 is 0.532 bits per heavy atom. The van der Waals surface area contributed by atoms with Crippen LogP contribution in [0.5, 0.6) is 0 Å². The molecule has 0 saturated heterocycles. The molecule has 0 saturated carbocycles. The summed E-state index contributed by atoms with van der Waals surface area (Å²) >= 11 is 0. The van der Waals surface area contributed by atoms with Crippen LogP contribution in [0, 0.1) is 36.4 Å². The Morgan fingerprint density at radius 2 is 0.952 bits per heavy atom. The first-order chi connectivity index (χ1) is 29.9. The molecule has 0 aliphatic rings. The van der Waals surface area contributed by atoms with Crippen molar-refractivity contribution < 1.29 is 38.0 Å². The van der Waals surface area contributed by atoms with Crippen molar-refractivity contribution in [1.82, 2.24) is 29.5 Å². The number of aromatic nitrogens is 8. The van der Waals surface area contributed by atoms with E-state index < -0.39 is 0 Å². The summed E-state index contributed by atoms with van der Waals surface area (Å²) in [5, 5.41) is 10.8. The predicted molar refractivity (Wildman–Crippen MR) is 229 cm³/mol. The molecule has 6 aromatic carbocycles. The van der Waals surface area contributed by atoms with Crippen molar-refractivity contribution in [1.29, 1.82) is 0 Å². The van der Waals surface area contributed by atoms with Crippen molar-refractivity contribution in [2.45, 2.75) is 0 Å². The molecular formula is C51H37F2IrN8-3. The van der Waals surface area contributed by atoms with Gasteiger partial charge < -0.3 is 28.5 Å². The summed E-state index contributed by atoms with van der Waals surface area (Å²) in [4.78, 5) is 4.08. The van der Waals surface area contributed by atoms with E-state index in [1.807, 2.05) is 148 Å². The summed E-state index contributed by atoms with van der Waals surface area (Å²) < 4.78 is 35.1.